The monoisotopic (exact) mass is 218 g/mol. The molecule has 1 radical (unpaired) electrons. The molecule has 1 heterocycles. The number of likely N-dealkylation sites (tertiary alicyclic amines) is 1. The average molecular weight is 218 g/mol. The Morgan fingerprint density at radius 1 is 1.06 bits per heavy atom. The lowest BCUT2D eigenvalue weighted by atomic mass is 10.1. The van der Waals surface area contributed by atoms with Gasteiger partial charge in [-0.15, -0.1) is 0 Å². The Bertz CT molecular complexity index is 280. The van der Waals surface area contributed by atoms with E-state index in [1.165, 1.54) is 32.4 Å². The number of rotatable bonds is 5. The minimum Gasteiger partial charge on any atom is -0.369 e. The molecule has 1 aromatic carbocycles. The van der Waals surface area contributed by atoms with E-state index < -0.39 is 0 Å². The first kappa shape index (κ1) is 11.6. The third-order valence-corrected chi connectivity index (χ3v) is 2.99. The molecule has 0 atom stereocenters. The molecule has 0 spiro atoms. The average Bonchev–Trinajstić information content (AvgIpc) is 2.37. The van der Waals surface area contributed by atoms with Crippen molar-refractivity contribution in [3.63, 3.8) is 0 Å². The third kappa shape index (κ3) is 3.95. The number of ether oxygens (including phenoxy) is 1. The van der Waals surface area contributed by atoms with E-state index in [4.69, 9.17) is 4.74 Å². The highest BCUT2D eigenvalue weighted by atomic mass is 16.5. The quantitative estimate of drug-likeness (QED) is 0.705. The largest absolute Gasteiger partial charge is 0.369 e. The minimum atomic E-state index is 0.800. The summed E-state index contributed by atoms with van der Waals surface area (Å²) in [6.07, 6.45) is 4.10. The Morgan fingerprint density at radius 2 is 1.81 bits per heavy atom. The lowest BCUT2D eigenvalue weighted by Gasteiger charge is -2.25. The summed E-state index contributed by atoms with van der Waals surface area (Å²) in [4.78, 5) is 2.49. The molecule has 0 unspecified atom stereocenters. The lowest BCUT2D eigenvalue weighted by molar-refractivity contribution is 0.143. The van der Waals surface area contributed by atoms with Crippen LogP contribution in [0.25, 0.3) is 0 Å². The van der Waals surface area contributed by atoms with Gasteiger partial charge in [0.05, 0.1) is 6.61 Å². The molecule has 87 valence electrons. The fourth-order valence-electron chi connectivity index (χ4n) is 2.05. The summed E-state index contributed by atoms with van der Waals surface area (Å²) in [5.74, 6) is 0. The highest BCUT2D eigenvalue weighted by Crippen LogP contribution is 2.08. The van der Waals surface area contributed by atoms with E-state index >= 15 is 0 Å². The molecule has 0 N–H and O–H groups in total. The zero-order chi connectivity index (χ0) is 11.1. The summed E-state index contributed by atoms with van der Waals surface area (Å²) in [6, 6.07) is 10.2. The third-order valence-electron chi connectivity index (χ3n) is 2.99. The summed E-state index contributed by atoms with van der Waals surface area (Å²) in [6.45, 7) is 6.20. The van der Waals surface area contributed by atoms with Gasteiger partial charge >= 0.3 is 0 Å². The van der Waals surface area contributed by atoms with E-state index in [2.05, 4.69) is 17.0 Å². The van der Waals surface area contributed by atoms with Crippen LogP contribution in [0.15, 0.2) is 30.3 Å². The van der Waals surface area contributed by atoms with E-state index in [0.29, 0.717) is 0 Å². The molecule has 1 aromatic rings. The Labute approximate surface area is 98.2 Å². The van der Waals surface area contributed by atoms with Gasteiger partial charge in [-0.05, 0) is 31.5 Å². The van der Waals surface area contributed by atoms with E-state index in [-0.39, 0.29) is 0 Å². The van der Waals surface area contributed by atoms with Gasteiger partial charge in [0.1, 0.15) is 6.61 Å². The van der Waals surface area contributed by atoms with Crippen molar-refractivity contribution >= 4 is 0 Å². The molecule has 0 amide bonds. The molecule has 0 aromatic heterocycles. The van der Waals surface area contributed by atoms with Crippen molar-refractivity contribution in [3.8, 4) is 0 Å². The number of hydrogen-bond donors (Lipinski definition) is 0. The SMILES string of the molecule is [CH](OCCN1CCCCC1)c1ccccc1. The molecule has 1 aliphatic rings. The molecule has 16 heavy (non-hydrogen) atoms. The van der Waals surface area contributed by atoms with E-state index in [0.717, 1.165) is 18.7 Å². The maximum Gasteiger partial charge on any atom is 0.113 e. The van der Waals surface area contributed by atoms with Crippen molar-refractivity contribution in [1.82, 2.24) is 4.90 Å². The summed E-state index contributed by atoms with van der Waals surface area (Å²) in [5, 5.41) is 0. The maximum atomic E-state index is 5.56. The van der Waals surface area contributed by atoms with Crippen molar-refractivity contribution in [3.05, 3.63) is 42.5 Å². The van der Waals surface area contributed by atoms with Crippen LogP contribution in [0, 0.1) is 6.61 Å². The Kier molecular flexibility index (Phi) is 4.84. The van der Waals surface area contributed by atoms with Crippen molar-refractivity contribution in [2.75, 3.05) is 26.2 Å². The van der Waals surface area contributed by atoms with Crippen LogP contribution in [0.5, 0.6) is 0 Å². The summed E-state index contributed by atoms with van der Waals surface area (Å²) in [7, 11) is 0. The van der Waals surface area contributed by atoms with Gasteiger partial charge in [-0.2, -0.15) is 0 Å². The summed E-state index contributed by atoms with van der Waals surface area (Å²) >= 11 is 0. The van der Waals surface area contributed by atoms with Crippen LogP contribution in [0.2, 0.25) is 0 Å². The molecule has 1 aliphatic heterocycles. The normalized spacial score (nSPS) is 17.5. The second-order valence-electron chi connectivity index (χ2n) is 4.30. The number of benzene rings is 1. The summed E-state index contributed by atoms with van der Waals surface area (Å²) in [5.41, 5.74) is 1.14. The maximum absolute atomic E-state index is 5.56. The molecule has 2 rings (SSSR count). The fourth-order valence-corrected chi connectivity index (χ4v) is 2.05. The molecule has 2 nitrogen and oxygen atoms in total. The molecule has 0 saturated carbocycles. The van der Waals surface area contributed by atoms with Crippen molar-refractivity contribution in [2.24, 2.45) is 0 Å². The number of piperidine rings is 1. The fraction of sp³-hybridized carbons (Fsp3) is 0.500. The van der Waals surface area contributed by atoms with E-state index in [9.17, 15) is 0 Å². The van der Waals surface area contributed by atoms with Crippen molar-refractivity contribution < 1.29 is 4.74 Å². The summed E-state index contributed by atoms with van der Waals surface area (Å²) < 4.78 is 5.56. The second-order valence-corrected chi connectivity index (χ2v) is 4.30. The van der Waals surface area contributed by atoms with Gasteiger partial charge in [-0.3, -0.25) is 0 Å². The Balaban J connectivity index is 1.58. The highest BCUT2D eigenvalue weighted by molar-refractivity contribution is 5.19. The Hall–Kier alpha value is -0.860. The number of hydrogen-bond acceptors (Lipinski definition) is 2. The molecular weight excluding hydrogens is 198 g/mol. The molecule has 2 heteroatoms. The van der Waals surface area contributed by atoms with Gasteiger partial charge in [0.25, 0.3) is 0 Å². The second kappa shape index (κ2) is 6.66. The van der Waals surface area contributed by atoms with Crippen molar-refractivity contribution in [1.29, 1.82) is 0 Å². The van der Waals surface area contributed by atoms with Crippen LogP contribution in [0.3, 0.4) is 0 Å². The van der Waals surface area contributed by atoms with Crippen LogP contribution in [-0.2, 0) is 4.74 Å². The van der Waals surface area contributed by atoms with Crippen LogP contribution in [0.1, 0.15) is 24.8 Å². The smallest absolute Gasteiger partial charge is 0.113 e. The molecule has 1 saturated heterocycles. The van der Waals surface area contributed by atoms with Crippen LogP contribution < -0.4 is 0 Å². The van der Waals surface area contributed by atoms with Gasteiger partial charge < -0.3 is 9.64 Å². The van der Waals surface area contributed by atoms with Crippen molar-refractivity contribution in [2.45, 2.75) is 19.3 Å². The predicted octanol–water partition coefficient (Wildman–Crippen LogP) is 2.70. The van der Waals surface area contributed by atoms with Crippen LogP contribution in [0.4, 0.5) is 0 Å². The van der Waals surface area contributed by atoms with Gasteiger partial charge in [0.15, 0.2) is 0 Å². The Morgan fingerprint density at radius 3 is 2.56 bits per heavy atom. The van der Waals surface area contributed by atoms with Gasteiger partial charge in [0, 0.05) is 6.54 Å². The molecule has 0 bridgehead atoms. The predicted molar refractivity (Wildman–Crippen MR) is 66.1 cm³/mol. The van der Waals surface area contributed by atoms with Crippen LogP contribution >= 0.6 is 0 Å². The standard InChI is InChI=1S/C14H20NO/c1-3-7-14(8-4-1)13-16-12-11-15-9-5-2-6-10-15/h1,3-4,7-8,13H,2,5-6,9-12H2. The van der Waals surface area contributed by atoms with E-state index in [1.54, 1.807) is 0 Å². The zero-order valence-corrected chi connectivity index (χ0v) is 9.77. The molecule has 1 fully saturated rings. The highest BCUT2D eigenvalue weighted by Gasteiger charge is 2.08. The first-order valence-corrected chi connectivity index (χ1v) is 6.17. The minimum absolute atomic E-state index is 0.800. The van der Waals surface area contributed by atoms with Crippen LogP contribution in [-0.4, -0.2) is 31.1 Å². The van der Waals surface area contributed by atoms with Gasteiger partial charge in [-0.1, -0.05) is 36.8 Å². The lowest BCUT2D eigenvalue weighted by Crippen LogP contribution is -2.32. The topological polar surface area (TPSA) is 12.5 Å². The first-order chi connectivity index (χ1) is 7.95. The number of nitrogens with zero attached hydrogens (tertiary/aromatic N) is 1. The van der Waals surface area contributed by atoms with Gasteiger partial charge in [0.2, 0.25) is 0 Å². The zero-order valence-electron chi connectivity index (χ0n) is 9.77. The molecule has 0 aliphatic carbocycles. The first-order valence-electron chi connectivity index (χ1n) is 6.17. The molecular formula is C14H20NO. The van der Waals surface area contributed by atoms with E-state index in [1.807, 2.05) is 24.8 Å². The van der Waals surface area contributed by atoms with Gasteiger partial charge in [-0.25, -0.2) is 0 Å².